The van der Waals surface area contributed by atoms with E-state index in [1.165, 1.54) is 42.7 Å². The monoisotopic (exact) mass is 410 g/mol. The summed E-state index contributed by atoms with van der Waals surface area (Å²) >= 11 is 0. The Bertz CT molecular complexity index is 1230. The number of hydrogen-bond donors (Lipinski definition) is 0. The first-order valence-corrected chi connectivity index (χ1v) is 10.5. The van der Waals surface area contributed by atoms with E-state index in [0.29, 0.717) is 22.5 Å². The summed E-state index contributed by atoms with van der Waals surface area (Å²) in [5.41, 5.74) is 1.80. The van der Waals surface area contributed by atoms with E-state index in [-0.39, 0.29) is 16.2 Å². The number of ether oxygens (including phenoxy) is 1. The number of hydrogen-bond acceptors (Lipinski definition) is 5. The molecule has 3 aromatic rings. The molecule has 0 saturated carbocycles. The van der Waals surface area contributed by atoms with Gasteiger partial charge in [0, 0.05) is 17.9 Å². The molecule has 0 radical (unpaired) electrons. The lowest BCUT2D eigenvalue weighted by atomic mass is 9.95. The number of halogens is 1. The third kappa shape index (κ3) is 3.77. The van der Waals surface area contributed by atoms with Crippen LogP contribution in [0.3, 0.4) is 0 Å². The van der Waals surface area contributed by atoms with E-state index >= 15 is 0 Å². The number of cyclic esters (lactones) is 1. The molecule has 1 aliphatic heterocycles. The van der Waals surface area contributed by atoms with Crippen LogP contribution < -0.4 is 0 Å². The van der Waals surface area contributed by atoms with Crippen molar-refractivity contribution in [2.75, 3.05) is 6.26 Å². The molecule has 0 bridgehead atoms. The molecule has 0 spiro atoms. The van der Waals surface area contributed by atoms with Crippen LogP contribution in [0.4, 0.5) is 4.39 Å². The fourth-order valence-electron chi connectivity index (χ4n) is 3.07. The third-order valence-electron chi connectivity index (χ3n) is 4.42. The van der Waals surface area contributed by atoms with Gasteiger partial charge < -0.3 is 9.15 Å². The van der Waals surface area contributed by atoms with Crippen molar-refractivity contribution in [3.8, 4) is 0 Å². The minimum atomic E-state index is -3.36. The maximum atomic E-state index is 13.4. The number of sulfone groups is 1. The van der Waals surface area contributed by atoms with Gasteiger partial charge in [-0.3, -0.25) is 0 Å². The van der Waals surface area contributed by atoms with Crippen molar-refractivity contribution in [2.24, 2.45) is 0 Å². The second-order valence-electron chi connectivity index (χ2n) is 6.47. The number of allylic oxidation sites excluding steroid dienone is 1. The number of esters is 1. The van der Waals surface area contributed by atoms with Crippen molar-refractivity contribution in [1.29, 1.82) is 0 Å². The van der Waals surface area contributed by atoms with E-state index < -0.39 is 21.6 Å². The molecule has 0 N–H and O–H groups in total. The number of carbonyl (C=O) groups is 1. The topological polar surface area (TPSA) is 73.6 Å². The zero-order valence-corrected chi connectivity index (χ0v) is 16.1. The molecule has 7 heteroatoms. The van der Waals surface area contributed by atoms with E-state index in [4.69, 9.17) is 9.15 Å². The van der Waals surface area contributed by atoms with Gasteiger partial charge in [-0.25, -0.2) is 17.6 Å². The molecule has 2 aromatic carbocycles. The zero-order valence-electron chi connectivity index (χ0n) is 15.3. The van der Waals surface area contributed by atoms with Crippen molar-refractivity contribution in [2.45, 2.75) is 4.90 Å². The Morgan fingerprint density at radius 2 is 1.52 bits per heavy atom. The molecule has 29 heavy (non-hydrogen) atoms. The van der Waals surface area contributed by atoms with E-state index in [1.807, 2.05) is 0 Å². The minimum absolute atomic E-state index is 0.159. The Kier molecular flexibility index (Phi) is 4.68. The van der Waals surface area contributed by atoms with Crippen molar-refractivity contribution < 1.29 is 26.8 Å². The summed E-state index contributed by atoms with van der Waals surface area (Å²) in [6, 6.07) is 15.1. The van der Waals surface area contributed by atoms with Crippen LogP contribution in [0, 0.1) is 5.82 Å². The van der Waals surface area contributed by atoms with Crippen LogP contribution in [0.25, 0.3) is 17.2 Å². The summed E-state index contributed by atoms with van der Waals surface area (Å²) in [4.78, 5) is 12.8. The Balaban J connectivity index is 1.92. The van der Waals surface area contributed by atoms with Crippen molar-refractivity contribution in [3.05, 3.63) is 95.4 Å². The smallest absolute Gasteiger partial charge is 0.344 e. The van der Waals surface area contributed by atoms with Crippen LogP contribution in [-0.2, 0) is 19.4 Å². The lowest BCUT2D eigenvalue weighted by Gasteiger charge is -2.07. The SMILES string of the molecule is CS(=O)(=O)c1ccc(C2=C(c3ccc(F)cc3)C(=O)O/C2=C\c2ccco2)cc1. The molecule has 5 nitrogen and oxygen atoms in total. The Labute approximate surface area is 166 Å². The second kappa shape index (κ2) is 7.18. The lowest BCUT2D eigenvalue weighted by Crippen LogP contribution is -1.98. The summed E-state index contributed by atoms with van der Waals surface area (Å²) in [5.74, 6) is -0.266. The maximum absolute atomic E-state index is 13.4. The fourth-order valence-corrected chi connectivity index (χ4v) is 3.70. The van der Waals surface area contributed by atoms with Crippen LogP contribution in [0.5, 0.6) is 0 Å². The highest BCUT2D eigenvalue weighted by Gasteiger charge is 2.32. The fraction of sp³-hybridized carbons (Fsp3) is 0.0455. The average molecular weight is 410 g/mol. The molecule has 2 heterocycles. The van der Waals surface area contributed by atoms with Gasteiger partial charge in [0.2, 0.25) is 0 Å². The summed E-state index contributed by atoms with van der Waals surface area (Å²) in [7, 11) is -3.36. The van der Waals surface area contributed by atoms with Gasteiger partial charge in [0.25, 0.3) is 0 Å². The lowest BCUT2D eigenvalue weighted by molar-refractivity contribution is -0.131. The number of benzene rings is 2. The van der Waals surface area contributed by atoms with Gasteiger partial charge in [0.1, 0.15) is 17.3 Å². The van der Waals surface area contributed by atoms with Crippen LogP contribution >= 0.6 is 0 Å². The first kappa shape index (κ1) is 18.9. The van der Waals surface area contributed by atoms with Gasteiger partial charge in [0.15, 0.2) is 9.84 Å². The molecule has 0 atom stereocenters. The third-order valence-corrected chi connectivity index (χ3v) is 5.55. The Morgan fingerprint density at radius 3 is 2.10 bits per heavy atom. The highest BCUT2D eigenvalue weighted by molar-refractivity contribution is 7.90. The predicted molar refractivity (Wildman–Crippen MR) is 106 cm³/mol. The van der Waals surface area contributed by atoms with Gasteiger partial charge >= 0.3 is 5.97 Å². The van der Waals surface area contributed by atoms with Gasteiger partial charge in [-0.15, -0.1) is 0 Å². The molecule has 0 fully saturated rings. The minimum Gasteiger partial charge on any atom is -0.465 e. The summed E-state index contributed by atoms with van der Waals surface area (Å²) in [6.07, 6.45) is 4.19. The molecule has 0 saturated heterocycles. The van der Waals surface area contributed by atoms with Gasteiger partial charge in [-0.2, -0.15) is 0 Å². The van der Waals surface area contributed by atoms with Gasteiger partial charge in [-0.05, 0) is 47.5 Å². The van der Waals surface area contributed by atoms with Crippen molar-refractivity contribution >= 4 is 33.0 Å². The van der Waals surface area contributed by atoms with E-state index in [0.717, 1.165) is 6.26 Å². The Morgan fingerprint density at radius 1 is 0.897 bits per heavy atom. The highest BCUT2D eigenvalue weighted by Crippen LogP contribution is 2.40. The van der Waals surface area contributed by atoms with Crippen molar-refractivity contribution in [3.63, 3.8) is 0 Å². The molecular formula is C22H15FO5S. The molecule has 4 rings (SSSR count). The van der Waals surface area contributed by atoms with Crippen LogP contribution in [0.1, 0.15) is 16.9 Å². The number of rotatable bonds is 4. The van der Waals surface area contributed by atoms with Gasteiger partial charge in [-0.1, -0.05) is 24.3 Å². The second-order valence-corrected chi connectivity index (χ2v) is 8.48. The largest absolute Gasteiger partial charge is 0.465 e. The van der Waals surface area contributed by atoms with Crippen LogP contribution in [-0.4, -0.2) is 20.6 Å². The van der Waals surface area contributed by atoms with Gasteiger partial charge in [0.05, 0.1) is 16.7 Å². The molecule has 146 valence electrons. The summed E-state index contributed by atoms with van der Waals surface area (Å²) in [5, 5.41) is 0. The first-order chi connectivity index (χ1) is 13.8. The standard InChI is InChI=1S/C22H15FO5S/c1-29(25,26)18-10-6-14(7-11-18)20-19(13-17-3-2-12-27-17)28-22(24)21(20)15-4-8-16(23)9-5-15/h2-13H,1H3/b19-13-. The van der Waals surface area contributed by atoms with Crippen LogP contribution in [0.2, 0.25) is 0 Å². The molecule has 0 unspecified atom stereocenters. The number of carbonyl (C=O) groups excluding carboxylic acids is 1. The van der Waals surface area contributed by atoms with Crippen LogP contribution in [0.15, 0.2) is 82.0 Å². The molecule has 0 amide bonds. The van der Waals surface area contributed by atoms with E-state index in [2.05, 4.69) is 0 Å². The van der Waals surface area contributed by atoms with E-state index in [1.54, 1.807) is 30.3 Å². The molecule has 0 aliphatic carbocycles. The maximum Gasteiger partial charge on any atom is 0.344 e. The molecule has 1 aromatic heterocycles. The Hall–Kier alpha value is -3.45. The zero-order chi connectivity index (χ0) is 20.6. The molecule has 1 aliphatic rings. The summed E-state index contributed by atoms with van der Waals surface area (Å²) in [6.45, 7) is 0. The first-order valence-electron chi connectivity index (χ1n) is 8.61. The predicted octanol–water partition coefficient (Wildman–Crippen LogP) is 4.33. The average Bonchev–Trinajstić information content (AvgIpc) is 3.30. The molecular weight excluding hydrogens is 395 g/mol. The van der Waals surface area contributed by atoms with Crippen molar-refractivity contribution in [1.82, 2.24) is 0 Å². The normalized spacial score (nSPS) is 15.8. The summed E-state index contributed by atoms with van der Waals surface area (Å²) < 4.78 is 47.7. The van der Waals surface area contributed by atoms with E-state index in [9.17, 15) is 17.6 Å². The number of furan rings is 1. The highest BCUT2D eigenvalue weighted by atomic mass is 32.2. The quantitative estimate of drug-likeness (QED) is 0.599.